The van der Waals surface area contributed by atoms with Crippen molar-refractivity contribution in [3.8, 4) is 0 Å². The maximum Gasteiger partial charge on any atom is 0.0409 e. The molecule has 1 N–H and O–H groups in total. The summed E-state index contributed by atoms with van der Waals surface area (Å²) in [6.07, 6.45) is 5.52. The molecule has 0 aliphatic heterocycles. The van der Waals surface area contributed by atoms with Crippen LogP contribution in [-0.4, -0.2) is 6.54 Å². The van der Waals surface area contributed by atoms with Gasteiger partial charge in [0.05, 0.1) is 0 Å². The molecule has 1 fully saturated rings. The molecule has 2 heteroatoms. The molecule has 2 rings (SSSR count). The van der Waals surface area contributed by atoms with Crippen molar-refractivity contribution in [2.24, 2.45) is 17.3 Å². The van der Waals surface area contributed by atoms with Crippen molar-refractivity contribution in [1.29, 1.82) is 0 Å². The Balaban J connectivity index is 1.77. The average Bonchev–Trinajstić information content (AvgIpc) is 2.44. The summed E-state index contributed by atoms with van der Waals surface area (Å²) in [7, 11) is 0. The quantitative estimate of drug-likeness (QED) is 0.736. The molecule has 0 spiro atoms. The molecule has 0 unspecified atom stereocenters. The van der Waals surface area contributed by atoms with Gasteiger partial charge in [-0.15, -0.1) is 0 Å². The second-order valence-electron chi connectivity index (χ2n) is 7.77. The molecule has 1 aromatic carbocycles. The van der Waals surface area contributed by atoms with Gasteiger partial charge in [0.15, 0.2) is 0 Å². The Morgan fingerprint density at radius 3 is 2.43 bits per heavy atom. The summed E-state index contributed by atoms with van der Waals surface area (Å²) in [6.45, 7) is 10.5. The highest BCUT2D eigenvalue weighted by molar-refractivity contribution is 6.30. The van der Waals surface area contributed by atoms with Crippen molar-refractivity contribution < 1.29 is 0 Å². The van der Waals surface area contributed by atoms with Gasteiger partial charge in [-0.1, -0.05) is 44.5 Å². The van der Waals surface area contributed by atoms with Crippen LogP contribution in [0.1, 0.15) is 65.0 Å². The summed E-state index contributed by atoms with van der Waals surface area (Å²) in [5, 5.41) is 4.52. The van der Waals surface area contributed by atoms with E-state index in [2.05, 4.69) is 45.1 Å². The van der Waals surface area contributed by atoms with Crippen molar-refractivity contribution in [3.63, 3.8) is 0 Å². The lowest BCUT2D eigenvalue weighted by atomic mass is 9.70. The van der Waals surface area contributed by atoms with Gasteiger partial charge in [-0.25, -0.2) is 0 Å². The molecular formula is C19H30ClN. The summed E-state index contributed by atoms with van der Waals surface area (Å²) in [6, 6.07) is 8.56. The van der Waals surface area contributed by atoms with Crippen LogP contribution >= 0.6 is 11.6 Å². The maximum absolute atomic E-state index is 6.07. The van der Waals surface area contributed by atoms with E-state index < -0.39 is 0 Å². The van der Waals surface area contributed by atoms with Gasteiger partial charge < -0.3 is 5.32 Å². The van der Waals surface area contributed by atoms with Gasteiger partial charge in [-0.2, -0.15) is 0 Å². The Hall–Kier alpha value is -0.530. The SMILES string of the molecule is C[C@H](NCC1CCC(C(C)(C)C)CC1)c1cccc(Cl)c1. The fourth-order valence-corrected chi connectivity index (χ4v) is 3.67. The number of rotatable bonds is 4. The first-order valence-electron chi connectivity index (χ1n) is 8.35. The van der Waals surface area contributed by atoms with Gasteiger partial charge in [0.1, 0.15) is 0 Å². The first-order chi connectivity index (χ1) is 9.86. The number of nitrogens with one attached hydrogen (secondary N) is 1. The lowest BCUT2D eigenvalue weighted by Crippen LogP contribution is -2.31. The van der Waals surface area contributed by atoms with Gasteiger partial charge in [-0.05, 0) is 74.1 Å². The molecule has 1 aromatic rings. The maximum atomic E-state index is 6.07. The normalized spacial score (nSPS) is 24.8. The van der Waals surface area contributed by atoms with Gasteiger partial charge in [0.25, 0.3) is 0 Å². The van der Waals surface area contributed by atoms with Gasteiger partial charge in [-0.3, -0.25) is 0 Å². The molecular weight excluding hydrogens is 278 g/mol. The molecule has 0 bridgehead atoms. The molecule has 1 aliphatic rings. The monoisotopic (exact) mass is 307 g/mol. The first-order valence-corrected chi connectivity index (χ1v) is 8.73. The number of halogens is 1. The smallest absolute Gasteiger partial charge is 0.0409 e. The van der Waals surface area contributed by atoms with Gasteiger partial charge in [0.2, 0.25) is 0 Å². The fourth-order valence-electron chi connectivity index (χ4n) is 3.47. The molecule has 0 saturated heterocycles. The van der Waals surface area contributed by atoms with Crippen LogP contribution in [0.25, 0.3) is 0 Å². The van der Waals surface area contributed by atoms with Gasteiger partial charge in [0, 0.05) is 11.1 Å². The molecule has 1 saturated carbocycles. The lowest BCUT2D eigenvalue weighted by Gasteiger charge is -2.37. The van der Waals surface area contributed by atoms with E-state index in [1.165, 1.54) is 31.2 Å². The molecule has 0 heterocycles. The zero-order valence-electron chi connectivity index (χ0n) is 14.0. The highest BCUT2D eigenvalue weighted by Gasteiger charge is 2.29. The number of benzene rings is 1. The van der Waals surface area contributed by atoms with E-state index in [9.17, 15) is 0 Å². The predicted octanol–water partition coefficient (Wildman–Crippen LogP) is 5.84. The Kier molecular flexibility index (Phi) is 5.73. The Morgan fingerprint density at radius 2 is 1.86 bits per heavy atom. The Labute approximate surface area is 135 Å². The first kappa shape index (κ1) is 16.8. The van der Waals surface area contributed by atoms with Crippen LogP contribution in [0.15, 0.2) is 24.3 Å². The van der Waals surface area contributed by atoms with Crippen molar-refractivity contribution in [2.45, 2.75) is 59.4 Å². The largest absolute Gasteiger partial charge is 0.310 e. The number of hydrogen-bond donors (Lipinski definition) is 1. The molecule has 1 aliphatic carbocycles. The van der Waals surface area contributed by atoms with Crippen LogP contribution in [0, 0.1) is 17.3 Å². The zero-order valence-corrected chi connectivity index (χ0v) is 14.7. The van der Waals surface area contributed by atoms with Crippen molar-refractivity contribution >= 4 is 11.6 Å². The Bertz CT molecular complexity index is 441. The van der Waals surface area contributed by atoms with E-state index in [-0.39, 0.29) is 0 Å². The second-order valence-corrected chi connectivity index (χ2v) is 8.21. The topological polar surface area (TPSA) is 12.0 Å². The minimum Gasteiger partial charge on any atom is -0.310 e. The highest BCUT2D eigenvalue weighted by Crippen LogP contribution is 2.39. The van der Waals surface area contributed by atoms with Crippen LogP contribution in [0.2, 0.25) is 5.02 Å². The van der Waals surface area contributed by atoms with Crippen molar-refractivity contribution in [2.75, 3.05) is 6.54 Å². The minimum absolute atomic E-state index is 0.379. The third kappa shape index (κ3) is 5.00. The highest BCUT2D eigenvalue weighted by atomic mass is 35.5. The van der Waals surface area contributed by atoms with E-state index in [0.29, 0.717) is 11.5 Å². The minimum atomic E-state index is 0.379. The third-order valence-corrected chi connectivity index (χ3v) is 5.37. The molecule has 1 nitrogen and oxygen atoms in total. The van der Waals surface area contributed by atoms with E-state index in [4.69, 9.17) is 11.6 Å². The van der Waals surface area contributed by atoms with Crippen LogP contribution in [0.5, 0.6) is 0 Å². The van der Waals surface area contributed by atoms with Crippen molar-refractivity contribution in [1.82, 2.24) is 5.32 Å². The molecule has 1 atom stereocenters. The van der Waals surface area contributed by atoms with E-state index in [1.54, 1.807) is 0 Å². The summed E-state index contributed by atoms with van der Waals surface area (Å²) < 4.78 is 0. The Morgan fingerprint density at radius 1 is 1.19 bits per heavy atom. The standard InChI is InChI=1S/C19H30ClN/c1-14(16-6-5-7-18(20)12-16)21-13-15-8-10-17(11-9-15)19(2,3)4/h5-7,12,14-15,17,21H,8-11,13H2,1-4H3/t14-,15?,17?/m0/s1. The zero-order chi connectivity index (χ0) is 15.5. The summed E-state index contributed by atoms with van der Waals surface area (Å²) in [4.78, 5) is 0. The average molecular weight is 308 g/mol. The van der Waals surface area contributed by atoms with E-state index in [0.717, 1.165) is 23.4 Å². The summed E-state index contributed by atoms with van der Waals surface area (Å²) in [5.41, 5.74) is 1.76. The molecule has 21 heavy (non-hydrogen) atoms. The lowest BCUT2D eigenvalue weighted by molar-refractivity contribution is 0.148. The number of hydrogen-bond acceptors (Lipinski definition) is 1. The van der Waals surface area contributed by atoms with Crippen LogP contribution < -0.4 is 5.32 Å². The fraction of sp³-hybridized carbons (Fsp3) is 0.684. The van der Waals surface area contributed by atoms with Gasteiger partial charge >= 0.3 is 0 Å². The van der Waals surface area contributed by atoms with Crippen LogP contribution in [0.4, 0.5) is 0 Å². The molecule has 118 valence electrons. The van der Waals surface area contributed by atoms with Crippen molar-refractivity contribution in [3.05, 3.63) is 34.9 Å². The van der Waals surface area contributed by atoms with E-state index >= 15 is 0 Å². The third-order valence-electron chi connectivity index (χ3n) is 5.13. The summed E-state index contributed by atoms with van der Waals surface area (Å²) in [5.74, 6) is 1.74. The second kappa shape index (κ2) is 7.15. The molecule has 0 radical (unpaired) electrons. The summed E-state index contributed by atoms with van der Waals surface area (Å²) >= 11 is 6.07. The van der Waals surface area contributed by atoms with Crippen LogP contribution in [0.3, 0.4) is 0 Å². The van der Waals surface area contributed by atoms with E-state index in [1.807, 2.05) is 12.1 Å². The van der Waals surface area contributed by atoms with Crippen LogP contribution in [-0.2, 0) is 0 Å². The predicted molar refractivity (Wildman–Crippen MR) is 92.8 cm³/mol. The molecule has 0 amide bonds. The molecule has 0 aromatic heterocycles.